The molecule has 0 fully saturated rings. The molecule has 2 atom stereocenters. The highest BCUT2D eigenvalue weighted by atomic mass is 14.1. The Bertz CT molecular complexity index is 142. The predicted molar refractivity (Wildman–Crippen MR) is 52.5 cm³/mol. The molecule has 0 aliphatic carbocycles. The number of hydrogen-bond donors (Lipinski definition) is 0. The van der Waals surface area contributed by atoms with Crippen LogP contribution in [-0.2, 0) is 0 Å². The lowest BCUT2D eigenvalue weighted by Gasteiger charge is -2.14. The molecule has 0 aromatic heterocycles. The zero-order valence-corrected chi connectivity index (χ0v) is 7.59. The Kier molecular flexibility index (Phi) is 5.54. The van der Waals surface area contributed by atoms with E-state index in [1.165, 1.54) is 6.42 Å². The van der Waals surface area contributed by atoms with Gasteiger partial charge in [0.15, 0.2) is 0 Å². The molecule has 0 aromatic rings. The van der Waals surface area contributed by atoms with Gasteiger partial charge in [0.2, 0.25) is 0 Å². The van der Waals surface area contributed by atoms with Gasteiger partial charge in [0.25, 0.3) is 0 Å². The molecule has 0 saturated carbocycles. The fraction of sp³-hybridized carbons (Fsp3) is 0.455. The van der Waals surface area contributed by atoms with Gasteiger partial charge in [0.05, 0.1) is 0 Å². The molecular formula is C11H18. The van der Waals surface area contributed by atoms with E-state index in [2.05, 4.69) is 33.1 Å². The molecular weight excluding hydrogens is 132 g/mol. The maximum Gasteiger partial charge on any atom is -0.00275 e. The Morgan fingerprint density at radius 1 is 1.36 bits per heavy atom. The molecule has 0 radical (unpaired) electrons. The van der Waals surface area contributed by atoms with Gasteiger partial charge in [-0.3, -0.25) is 0 Å². The molecule has 0 aliphatic rings. The lowest BCUT2D eigenvalue weighted by molar-refractivity contribution is 0.484. The van der Waals surface area contributed by atoms with Gasteiger partial charge >= 0.3 is 0 Å². The topological polar surface area (TPSA) is 0 Å². The van der Waals surface area contributed by atoms with E-state index in [0.717, 1.165) is 0 Å². The Hall–Kier alpha value is -0.780. The predicted octanol–water partition coefficient (Wildman–Crippen LogP) is 3.58. The van der Waals surface area contributed by atoms with E-state index >= 15 is 0 Å². The Balaban J connectivity index is 4.03. The van der Waals surface area contributed by atoms with Crippen LogP contribution in [0.2, 0.25) is 0 Å². The van der Waals surface area contributed by atoms with E-state index < -0.39 is 0 Å². The summed E-state index contributed by atoms with van der Waals surface area (Å²) in [7, 11) is 0. The quantitative estimate of drug-likeness (QED) is 0.415. The van der Waals surface area contributed by atoms with Gasteiger partial charge in [0, 0.05) is 0 Å². The monoisotopic (exact) mass is 150 g/mol. The summed E-state index contributed by atoms with van der Waals surface area (Å²) in [6, 6.07) is 0. The van der Waals surface area contributed by atoms with Crippen LogP contribution in [0.1, 0.15) is 20.3 Å². The normalized spacial score (nSPS) is 16.2. The fourth-order valence-corrected chi connectivity index (χ4v) is 0.980. The minimum absolute atomic E-state index is 0.498. The number of allylic oxidation sites excluding steroid dienone is 4. The van der Waals surface area contributed by atoms with Crippen molar-refractivity contribution in [3.63, 3.8) is 0 Å². The second kappa shape index (κ2) is 5.96. The van der Waals surface area contributed by atoms with Crippen molar-refractivity contribution < 1.29 is 0 Å². The fourth-order valence-electron chi connectivity index (χ4n) is 0.980. The maximum absolute atomic E-state index is 3.80. The average molecular weight is 150 g/mol. The summed E-state index contributed by atoms with van der Waals surface area (Å²) in [5.74, 6) is 1.18. The van der Waals surface area contributed by atoms with Gasteiger partial charge in [-0.15, -0.1) is 6.58 Å². The van der Waals surface area contributed by atoms with E-state index in [4.69, 9.17) is 0 Å². The van der Waals surface area contributed by atoms with Gasteiger partial charge in [-0.25, -0.2) is 0 Å². The summed E-state index contributed by atoms with van der Waals surface area (Å²) >= 11 is 0. The first-order chi connectivity index (χ1) is 5.26. The third-order valence-electron chi connectivity index (χ3n) is 2.04. The Labute approximate surface area is 70.3 Å². The first-order valence-electron chi connectivity index (χ1n) is 4.18. The molecule has 11 heavy (non-hydrogen) atoms. The van der Waals surface area contributed by atoms with Gasteiger partial charge in [-0.1, -0.05) is 51.2 Å². The minimum Gasteiger partial charge on any atom is -0.102 e. The van der Waals surface area contributed by atoms with Crippen molar-refractivity contribution in [3.8, 4) is 0 Å². The molecule has 0 heterocycles. The molecule has 0 aliphatic heterocycles. The highest BCUT2D eigenvalue weighted by Crippen LogP contribution is 2.17. The second-order valence-corrected chi connectivity index (χ2v) is 2.82. The van der Waals surface area contributed by atoms with E-state index in [-0.39, 0.29) is 0 Å². The second-order valence-electron chi connectivity index (χ2n) is 2.82. The Morgan fingerprint density at radius 2 is 2.00 bits per heavy atom. The summed E-state index contributed by atoms with van der Waals surface area (Å²) < 4.78 is 0. The zero-order valence-electron chi connectivity index (χ0n) is 7.59. The van der Waals surface area contributed by atoms with Crippen LogP contribution in [0.15, 0.2) is 37.5 Å². The van der Waals surface area contributed by atoms with Gasteiger partial charge in [-0.2, -0.15) is 0 Å². The Morgan fingerprint density at radius 3 is 2.36 bits per heavy atom. The molecule has 0 bridgehead atoms. The van der Waals surface area contributed by atoms with E-state index in [9.17, 15) is 0 Å². The first-order valence-corrected chi connectivity index (χ1v) is 4.18. The van der Waals surface area contributed by atoms with Crippen LogP contribution in [-0.4, -0.2) is 0 Å². The lowest BCUT2D eigenvalue weighted by Crippen LogP contribution is -2.04. The van der Waals surface area contributed by atoms with Crippen LogP contribution in [0.25, 0.3) is 0 Å². The summed E-state index contributed by atoms with van der Waals surface area (Å²) in [4.78, 5) is 0. The summed E-state index contributed by atoms with van der Waals surface area (Å²) in [5, 5.41) is 0. The van der Waals surface area contributed by atoms with Crippen LogP contribution in [0.4, 0.5) is 0 Å². The molecule has 0 saturated heterocycles. The highest BCUT2D eigenvalue weighted by Gasteiger charge is 2.06. The van der Waals surface area contributed by atoms with Crippen molar-refractivity contribution >= 4 is 0 Å². The average Bonchev–Trinajstić information content (AvgIpc) is 2.05. The van der Waals surface area contributed by atoms with E-state index in [1.54, 1.807) is 6.08 Å². The van der Waals surface area contributed by atoms with Crippen molar-refractivity contribution in [3.05, 3.63) is 37.5 Å². The molecule has 0 amide bonds. The van der Waals surface area contributed by atoms with Crippen molar-refractivity contribution in [2.45, 2.75) is 20.3 Å². The van der Waals surface area contributed by atoms with Crippen molar-refractivity contribution in [2.24, 2.45) is 11.8 Å². The van der Waals surface area contributed by atoms with Crippen LogP contribution in [0.3, 0.4) is 0 Å². The summed E-state index contributed by atoms with van der Waals surface area (Å²) in [5.41, 5.74) is 0. The SMILES string of the molecule is C=CC=CC(C=C)C(C)CC. The van der Waals surface area contributed by atoms with Crippen molar-refractivity contribution in [2.75, 3.05) is 0 Å². The molecule has 0 rings (SSSR count). The van der Waals surface area contributed by atoms with Crippen molar-refractivity contribution in [1.29, 1.82) is 0 Å². The van der Waals surface area contributed by atoms with E-state index in [1.807, 2.05) is 12.2 Å². The molecule has 0 aromatic carbocycles. The molecule has 62 valence electrons. The lowest BCUT2D eigenvalue weighted by atomic mass is 9.91. The smallest absolute Gasteiger partial charge is 0.00275 e. The molecule has 0 N–H and O–H groups in total. The van der Waals surface area contributed by atoms with Gasteiger partial charge < -0.3 is 0 Å². The standard InChI is InChI=1S/C11H18/c1-5-8-9-11(7-3)10(4)6-2/h5,7-11H,1,3,6H2,2,4H3. The zero-order chi connectivity index (χ0) is 8.69. The molecule has 0 heteroatoms. The first kappa shape index (κ1) is 10.2. The van der Waals surface area contributed by atoms with Crippen LogP contribution >= 0.6 is 0 Å². The van der Waals surface area contributed by atoms with Crippen molar-refractivity contribution in [1.82, 2.24) is 0 Å². The number of rotatable bonds is 5. The summed E-state index contributed by atoms with van der Waals surface area (Å²) in [6.45, 7) is 11.9. The third kappa shape index (κ3) is 3.82. The summed E-state index contributed by atoms with van der Waals surface area (Å²) in [6.07, 6.45) is 9.12. The van der Waals surface area contributed by atoms with Gasteiger partial charge in [-0.05, 0) is 11.8 Å². The maximum atomic E-state index is 3.80. The van der Waals surface area contributed by atoms with Crippen LogP contribution < -0.4 is 0 Å². The minimum atomic E-state index is 0.498. The molecule has 2 unspecified atom stereocenters. The van der Waals surface area contributed by atoms with Crippen LogP contribution in [0.5, 0.6) is 0 Å². The van der Waals surface area contributed by atoms with Crippen LogP contribution in [0, 0.1) is 11.8 Å². The third-order valence-corrected chi connectivity index (χ3v) is 2.04. The highest BCUT2D eigenvalue weighted by molar-refractivity contribution is 5.05. The van der Waals surface area contributed by atoms with E-state index in [0.29, 0.717) is 11.8 Å². The molecule has 0 nitrogen and oxygen atoms in total. The van der Waals surface area contributed by atoms with Gasteiger partial charge in [0.1, 0.15) is 0 Å². The molecule has 0 spiro atoms. The number of hydrogen-bond acceptors (Lipinski definition) is 0. The largest absolute Gasteiger partial charge is 0.102 e.